The average molecular weight is 533 g/mol. The number of carbonyl (C=O) groups is 2. The third-order valence-electron chi connectivity index (χ3n) is 5.88. The number of hydrogen-bond donors (Lipinski definition) is 3. The first-order valence-corrected chi connectivity index (χ1v) is 13.4. The zero-order valence-electron chi connectivity index (χ0n) is 20.9. The van der Waals surface area contributed by atoms with Gasteiger partial charge in [0.05, 0.1) is 17.6 Å². The van der Waals surface area contributed by atoms with Gasteiger partial charge in [-0.15, -0.1) is 5.10 Å². The van der Waals surface area contributed by atoms with Crippen molar-refractivity contribution in [3.8, 4) is 11.1 Å². The third kappa shape index (κ3) is 6.50. The highest BCUT2D eigenvalue weighted by Crippen LogP contribution is 2.23. The summed E-state index contributed by atoms with van der Waals surface area (Å²) >= 11 is 0. The lowest BCUT2D eigenvalue weighted by molar-refractivity contribution is -0.120. The van der Waals surface area contributed by atoms with E-state index in [2.05, 4.69) is 20.9 Å². The van der Waals surface area contributed by atoms with Crippen molar-refractivity contribution in [3.05, 3.63) is 96.3 Å². The Kier molecular flexibility index (Phi) is 7.99. The summed E-state index contributed by atoms with van der Waals surface area (Å²) in [6, 6.07) is 22.2. The van der Waals surface area contributed by atoms with E-state index < -0.39 is 22.0 Å². The molecule has 3 aromatic carbocycles. The predicted octanol–water partition coefficient (Wildman–Crippen LogP) is 3.36. The smallest absolute Gasteiger partial charge is 0.251 e. The Morgan fingerprint density at radius 1 is 0.921 bits per heavy atom. The number of sulfonamides is 1. The van der Waals surface area contributed by atoms with E-state index in [0.717, 1.165) is 11.1 Å². The van der Waals surface area contributed by atoms with Gasteiger partial charge in [-0.1, -0.05) is 61.5 Å². The van der Waals surface area contributed by atoms with Crippen LogP contribution < -0.4 is 15.8 Å². The zero-order valence-corrected chi connectivity index (χ0v) is 21.7. The number of nitrogens with one attached hydrogen (secondary N) is 2. The molecule has 0 aliphatic heterocycles. The Morgan fingerprint density at radius 3 is 2.16 bits per heavy atom. The first-order chi connectivity index (χ1) is 18.1. The van der Waals surface area contributed by atoms with Gasteiger partial charge in [0.1, 0.15) is 11.7 Å². The number of nitrogens with zero attached hydrogens (tertiary/aromatic N) is 3. The maximum absolute atomic E-state index is 13.1. The Hall–Kier alpha value is -4.35. The number of hydrogen-bond acceptors (Lipinski definition) is 6. The van der Waals surface area contributed by atoms with Crippen molar-refractivity contribution >= 4 is 27.5 Å². The van der Waals surface area contributed by atoms with Gasteiger partial charge in [-0.05, 0) is 53.4 Å². The van der Waals surface area contributed by atoms with Gasteiger partial charge in [0.15, 0.2) is 0 Å². The summed E-state index contributed by atoms with van der Waals surface area (Å²) < 4.78 is 24.2. The number of aromatic nitrogens is 3. The van der Waals surface area contributed by atoms with Crippen LogP contribution in [0.15, 0.2) is 90.0 Å². The molecule has 0 aliphatic carbocycles. The molecule has 0 saturated carbocycles. The fraction of sp³-hybridized carbons (Fsp3) is 0.185. The molecular weight excluding hydrogens is 504 g/mol. The maximum Gasteiger partial charge on any atom is 0.251 e. The first-order valence-electron chi connectivity index (χ1n) is 11.9. The molecular formula is C27H28N6O4S. The molecule has 0 saturated heterocycles. The van der Waals surface area contributed by atoms with Crippen LogP contribution in [-0.4, -0.2) is 35.2 Å². The summed E-state index contributed by atoms with van der Waals surface area (Å²) in [4.78, 5) is 25.5. The molecule has 0 unspecified atom stereocenters. The number of nitrogens with two attached hydrogens (primary N) is 1. The summed E-state index contributed by atoms with van der Waals surface area (Å²) in [5.41, 5.74) is 3.54. The maximum atomic E-state index is 13.1. The van der Waals surface area contributed by atoms with Crippen LogP contribution in [0.2, 0.25) is 0 Å². The molecule has 0 aliphatic rings. The van der Waals surface area contributed by atoms with Crippen LogP contribution >= 0.6 is 0 Å². The summed E-state index contributed by atoms with van der Waals surface area (Å²) in [6.45, 7) is 3.90. The molecule has 4 N–H and O–H groups in total. The molecule has 0 bridgehead atoms. The fourth-order valence-corrected chi connectivity index (χ4v) is 4.44. The SMILES string of the molecule is CC(C)[C@@H](C(=O)Nc1ccc(-c2ccccc2)cc1)n1cc(CNC(=O)c2ccc(S(N)(=O)=O)cc2)nn1. The molecule has 1 atom stereocenters. The van der Waals surface area contributed by atoms with E-state index in [-0.39, 0.29) is 28.8 Å². The number of rotatable bonds is 9. The van der Waals surface area contributed by atoms with E-state index >= 15 is 0 Å². The van der Waals surface area contributed by atoms with Crippen molar-refractivity contribution in [2.45, 2.75) is 31.3 Å². The van der Waals surface area contributed by atoms with E-state index in [0.29, 0.717) is 11.4 Å². The lowest BCUT2D eigenvalue weighted by Crippen LogP contribution is -2.30. The number of benzene rings is 3. The van der Waals surface area contributed by atoms with Gasteiger partial charge in [-0.3, -0.25) is 9.59 Å². The van der Waals surface area contributed by atoms with Gasteiger partial charge in [0.25, 0.3) is 5.91 Å². The third-order valence-corrected chi connectivity index (χ3v) is 6.81. The molecule has 10 nitrogen and oxygen atoms in total. The Labute approximate surface area is 220 Å². The van der Waals surface area contributed by atoms with Crippen LogP contribution in [0.25, 0.3) is 11.1 Å². The van der Waals surface area contributed by atoms with Gasteiger partial charge in [0.2, 0.25) is 15.9 Å². The lowest BCUT2D eigenvalue weighted by atomic mass is 10.0. The van der Waals surface area contributed by atoms with E-state index in [9.17, 15) is 18.0 Å². The minimum atomic E-state index is -3.84. The topological polar surface area (TPSA) is 149 Å². The van der Waals surface area contributed by atoms with Crippen molar-refractivity contribution in [2.24, 2.45) is 11.1 Å². The van der Waals surface area contributed by atoms with Crippen molar-refractivity contribution in [2.75, 3.05) is 5.32 Å². The second-order valence-electron chi connectivity index (χ2n) is 9.06. The molecule has 0 fully saturated rings. The summed E-state index contributed by atoms with van der Waals surface area (Å²) in [5, 5.41) is 18.9. The molecule has 1 aromatic heterocycles. The number of anilines is 1. The molecule has 196 valence electrons. The summed E-state index contributed by atoms with van der Waals surface area (Å²) in [7, 11) is -3.84. The van der Waals surface area contributed by atoms with E-state index in [4.69, 9.17) is 5.14 Å². The monoisotopic (exact) mass is 532 g/mol. The summed E-state index contributed by atoms with van der Waals surface area (Å²) in [6.07, 6.45) is 1.62. The molecule has 2 amide bonds. The van der Waals surface area contributed by atoms with E-state index in [1.54, 1.807) is 6.20 Å². The van der Waals surface area contributed by atoms with Crippen LogP contribution in [0, 0.1) is 5.92 Å². The molecule has 4 rings (SSSR count). The van der Waals surface area contributed by atoms with Crippen molar-refractivity contribution in [3.63, 3.8) is 0 Å². The molecule has 4 aromatic rings. The quantitative estimate of drug-likeness (QED) is 0.301. The van der Waals surface area contributed by atoms with Crippen molar-refractivity contribution in [1.82, 2.24) is 20.3 Å². The van der Waals surface area contributed by atoms with Crippen molar-refractivity contribution in [1.29, 1.82) is 0 Å². The molecule has 38 heavy (non-hydrogen) atoms. The second kappa shape index (κ2) is 11.4. The lowest BCUT2D eigenvalue weighted by Gasteiger charge is -2.20. The van der Waals surface area contributed by atoms with Crippen LogP contribution in [0.5, 0.6) is 0 Å². The average Bonchev–Trinajstić information content (AvgIpc) is 3.36. The number of amides is 2. The Bertz CT molecular complexity index is 1520. The van der Waals surface area contributed by atoms with E-state index in [1.165, 1.54) is 28.9 Å². The van der Waals surface area contributed by atoms with Gasteiger partial charge in [0, 0.05) is 11.3 Å². The van der Waals surface area contributed by atoms with E-state index in [1.807, 2.05) is 68.4 Å². The van der Waals surface area contributed by atoms with Gasteiger partial charge >= 0.3 is 0 Å². The number of carbonyl (C=O) groups excluding carboxylic acids is 2. The second-order valence-corrected chi connectivity index (χ2v) is 10.6. The van der Waals surface area contributed by atoms with Crippen LogP contribution in [0.1, 0.15) is 35.9 Å². The highest BCUT2D eigenvalue weighted by molar-refractivity contribution is 7.89. The normalized spacial score (nSPS) is 12.2. The largest absolute Gasteiger partial charge is 0.346 e. The Morgan fingerprint density at radius 2 is 1.55 bits per heavy atom. The van der Waals surface area contributed by atoms with Gasteiger partial charge in [-0.25, -0.2) is 18.2 Å². The molecule has 0 radical (unpaired) electrons. The highest BCUT2D eigenvalue weighted by Gasteiger charge is 2.26. The first kappa shape index (κ1) is 26.7. The van der Waals surface area contributed by atoms with Crippen molar-refractivity contribution < 1.29 is 18.0 Å². The van der Waals surface area contributed by atoms with Gasteiger partial charge in [-0.2, -0.15) is 0 Å². The fourth-order valence-electron chi connectivity index (χ4n) is 3.92. The molecule has 0 spiro atoms. The molecule has 1 heterocycles. The van der Waals surface area contributed by atoms with Crippen LogP contribution in [0.3, 0.4) is 0 Å². The van der Waals surface area contributed by atoms with Gasteiger partial charge < -0.3 is 10.6 Å². The van der Waals surface area contributed by atoms with Crippen LogP contribution in [-0.2, 0) is 21.4 Å². The summed E-state index contributed by atoms with van der Waals surface area (Å²) in [5.74, 6) is -0.736. The Balaban J connectivity index is 1.39. The van der Waals surface area contributed by atoms with Crippen LogP contribution in [0.4, 0.5) is 5.69 Å². The zero-order chi connectivity index (χ0) is 27.3. The predicted molar refractivity (Wildman–Crippen MR) is 143 cm³/mol. The molecule has 11 heteroatoms. The minimum absolute atomic E-state index is 0.0726. The standard InChI is InChI=1S/C27H28N6O4S/c1-18(2)25(27(35)30-22-12-8-20(9-13-22)19-6-4-3-5-7-19)33-17-23(31-32-33)16-29-26(34)21-10-14-24(15-11-21)38(28,36)37/h3-15,17-18,25H,16H2,1-2H3,(H,29,34)(H,30,35)(H2,28,36,37)/t25-/m0/s1. The highest BCUT2D eigenvalue weighted by atomic mass is 32.2. The number of primary sulfonamides is 1. The minimum Gasteiger partial charge on any atom is -0.346 e.